The number of phenolic OH excluding ortho intramolecular Hbond substituents is 1. The molecular weight excluding hydrogens is 186 g/mol. The summed E-state index contributed by atoms with van der Waals surface area (Å²) < 4.78 is 0. The minimum absolute atomic E-state index is 0.366. The van der Waals surface area contributed by atoms with E-state index in [1.54, 1.807) is 6.07 Å². The Bertz CT molecular complexity index is 352. The highest BCUT2D eigenvalue weighted by atomic mass is 16.3. The molecule has 0 saturated heterocycles. The van der Waals surface area contributed by atoms with Crippen molar-refractivity contribution >= 4 is 0 Å². The van der Waals surface area contributed by atoms with Crippen LogP contribution in [0.4, 0.5) is 0 Å². The van der Waals surface area contributed by atoms with Gasteiger partial charge in [0, 0.05) is 18.7 Å². The average molecular weight is 205 g/mol. The molecule has 0 amide bonds. The number of allylic oxidation sites excluding steroid dienone is 1. The second-order valence-electron chi connectivity index (χ2n) is 4.04. The number of phenols is 1. The molecule has 2 nitrogen and oxygen atoms in total. The zero-order chi connectivity index (χ0) is 11.3. The quantitative estimate of drug-likeness (QED) is 0.585. The molecule has 2 heteroatoms. The molecule has 0 aromatic heterocycles. The van der Waals surface area contributed by atoms with Gasteiger partial charge in [-0.1, -0.05) is 29.3 Å². The van der Waals surface area contributed by atoms with E-state index in [4.69, 9.17) is 0 Å². The van der Waals surface area contributed by atoms with Crippen LogP contribution in [-0.4, -0.2) is 11.7 Å². The molecular formula is C13H19NO. The van der Waals surface area contributed by atoms with Gasteiger partial charge in [0.05, 0.1) is 0 Å². The summed E-state index contributed by atoms with van der Waals surface area (Å²) in [5.74, 6) is 0.366. The number of nitrogens with one attached hydrogen (secondary N) is 1. The molecule has 0 aliphatic heterocycles. The molecule has 0 heterocycles. The summed E-state index contributed by atoms with van der Waals surface area (Å²) in [6.45, 7) is 7.73. The lowest BCUT2D eigenvalue weighted by Crippen LogP contribution is -2.13. The van der Waals surface area contributed by atoms with E-state index in [0.717, 1.165) is 12.1 Å². The van der Waals surface area contributed by atoms with Crippen LogP contribution in [0.3, 0.4) is 0 Å². The third kappa shape index (κ3) is 4.17. The minimum atomic E-state index is 0.366. The van der Waals surface area contributed by atoms with Crippen LogP contribution >= 0.6 is 0 Å². The summed E-state index contributed by atoms with van der Waals surface area (Å²) in [6, 6.07) is 5.66. The van der Waals surface area contributed by atoms with E-state index < -0.39 is 0 Å². The molecule has 1 aromatic rings. The maximum atomic E-state index is 9.59. The molecule has 2 N–H and O–H groups in total. The third-order valence-corrected chi connectivity index (χ3v) is 2.21. The first-order chi connectivity index (χ1) is 7.09. The summed E-state index contributed by atoms with van der Waals surface area (Å²) in [5.41, 5.74) is 3.43. The highest BCUT2D eigenvalue weighted by molar-refractivity contribution is 5.35. The van der Waals surface area contributed by atoms with Crippen LogP contribution in [0, 0.1) is 6.92 Å². The van der Waals surface area contributed by atoms with Crippen molar-refractivity contribution in [2.24, 2.45) is 0 Å². The van der Waals surface area contributed by atoms with Crippen molar-refractivity contribution in [3.63, 3.8) is 0 Å². The Labute approximate surface area is 91.6 Å². The molecule has 0 atom stereocenters. The molecule has 0 saturated carbocycles. The number of hydrogen-bond donors (Lipinski definition) is 2. The summed E-state index contributed by atoms with van der Waals surface area (Å²) >= 11 is 0. The molecule has 1 aromatic carbocycles. The zero-order valence-corrected chi connectivity index (χ0v) is 9.67. The maximum Gasteiger partial charge on any atom is 0.120 e. The average Bonchev–Trinajstić information content (AvgIpc) is 2.17. The number of benzene rings is 1. The van der Waals surface area contributed by atoms with Gasteiger partial charge < -0.3 is 10.4 Å². The van der Waals surface area contributed by atoms with Crippen molar-refractivity contribution < 1.29 is 5.11 Å². The molecule has 0 radical (unpaired) electrons. The first-order valence-corrected chi connectivity index (χ1v) is 5.22. The monoisotopic (exact) mass is 205 g/mol. The maximum absolute atomic E-state index is 9.59. The lowest BCUT2D eigenvalue weighted by molar-refractivity contribution is 0.465. The number of rotatable bonds is 4. The molecule has 0 aliphatic rings. The Hall–Kier alpha value is -1.28. The van der Waals surface area contributed by atoms with Crippen LogP contribution in [0.2, 0.25) is 0 Å². The first-order valence-electron chi connectivity index (χ1n) is 5.22. The van der Waals surface area contributed by atoms with Crippen LogP contribution < -0.4 is 5.32 Å². The Kier molecular flexibility index (Phi) is 4.37. The smallest absolute Gasteiger partial charge is 0.120 e. The van der Waals surface area contributed by atoms with Gasteiger partial charge in [0.1, 0.15) is 5.75 Å². The van der Waals surface area contributed by atoms with E-state index in [-0.39, 0.29) is 0 Å². The van der Waals surface area contributed by atoms with E-state index in [2.05, 4.69) is 25.2 Å². The summed E-state index contributed by atoms with van der Waals surface area (Å²) in [4.78, 5) is 0. The minimum Gasteiger partial charge on any atom is -0.508 e. The Morgan fingerprint density at radius 3 is 2.80 bits per heavy atom. The Morgan fingerprint density at radius 2 is 2.13 bits per heavy atom. The molecule has 82 valence electrons. The molecule has 0 spiro atoms. The van der Waals surface area contributed by atoms with Gasteiger partial charge >= 0.3 is 0 Å². The van der Waals surface area contributed by atoms with Crippen LogP contribution in [0.15, 0.2) is 29.8 Å². The van der Waals surface area contributed by atoms with Crippen molar-refractivity contribution in [1.29, 1.82) is 0 Å². The van der Waals surface area contributed by atoms with Gasteiger partial charge in [-0.25, -0.2) is 0 Å². The fourth-order valence-corrected chi connectivity index (χ4v) is 1.34. The summed E-state index contributed by atoms with van der Waals surface area (Å²) in [7, 11) is 0. The number of hydrogen-bond acceptors (Lipinski definition) is 2. The van der Waals surface area contributed by atoms with E-state index in [1.165, 1.54) is 11.1 Å². The fraction of sp³-hybridized carbons (Fsp3) is 0.385. The molecule has 0 bridgehead atoms. The first kappa shape index (κ1) is 11.8. The van der Waals surface area contributed by atoms with Crippen LogP contribution in [0.1, 0.15) is 25.0 Å². The number of aryl methyl sites for hydroxylation is 1. The van der Waals surface area contributed by atoms with Gasteiger partial charge in [0.15, 0.2) is 0 Å². The third-order valence-electron chi connectivity index (χ3n) is 2.21. The fourth-order valence-electron chi connectivity index (χ4n) is 1.34. The van der Waals surface area contributed by atoms with Gasteiger partial charge in [0.2, 0.25) is 0 Å². The normalized spacial score (nSPS) is 10.1. The van der Waals surface area contributed by atoms with Crippen LogP contribution in [0.25, 0.3) is 0 Å². The topological polar surface area (TPSA) is 32.3 Å². The molecule has 15 heavy (non-hydrogen) atoms. The van der Waals surface area contributed by atoms with Gasteiger partial charge in [-0.05, 0) is 26.8 Å². The zero-order valence-electron chi connectivity index (χ0n) is 9.67. The standard InChI is InChI=1S/C13H19NO/c1-10(2)6-7-14-9-12-8-11(3)4-5-13(12)15/h4-6,8,14-15H,7,9H2,1-3H3. The van der Waals surface area contributed by atoms with Gasteiger partial charge in [-0.3, -0.25) is 0 Å². The molecule has 1 rings (SSSR count). The van der Waals surface area contributed by atoms with Crippen molar-refractivity contribution in [2.75, 3.05) is 6.54 Å². The predicted octanol–water partition coefficient (Wildman–Crippen LogP) is 2.76. The van der Waals surface area contributed by atoms with E-state index in [1.807, 2.05) is 19.1 Å². The lowest BCUT2D eigenvalue weighted by atomic mass is 10.1. The van der Waals surface area contributed by atoms with Crippen molar-refractivity contribution in [3.8, 4) is 5.75 Å². The van der Waals surface area contributed by atoms with Crippen molar-refractivity contribution in [2.45, 2.75) is 27.3 Å². The van der Waals surface area contributed by atoms with E-state index in [0.29, 0.717) is 12.3 Å². The predicted molar refractivity (Wildman–Crippen MR) is 64.0 cm³/mol. The van der Waals surface area contributed by atoms with E-state index >= 15 is 0 Å². The van der Waals surface area contributed by atoms with E-state index in [9.17, 15) is 5.11 Å². The highest BCUT2D eigenvalue weighted by Gasteiger charge is 1.99. The molecule has 0 unspecified atom stereocenters. The van der Waals surface area contributed by atoms with Gasteiger partial charge in [-0.2, -0.15) is 0 Å². The lowest BCUT2D eigenvalue weighted by Gasteiger charge is -2.06. The Morgan fingerprint density at radius 1 is 1.40 bits per heavy atom. The molecule has 0 aliphatic carbocycles. The van der Waals surface area contributed by atoms with Crippen LogP contribution in [0.5, 0.6) is 5.75 Å². The summed E-state index contributed by atoms with van der Waals surface area (Å²) in [5, 5.41) is 12.9. The Balaban J connectivity index is 2.50. The molecule has 0 fully saturated rings. The largest absolute Gasteiger partial charge is 0.508 e. The second kappa shape index (κ2) is 5.56. The number of aromatic hydroxyl groups is 1. The second-order valence-corrected chi connectivity index (χ2v) is 4.04. The SMILES string of the molecule is CC(C)=CCNCc1cc(C)ccc1O. The van der Waals surface area contributed by atoms with Gasteiger partial charge in [0.25, 0.3) is 0 Å². The van der Waals surface area contributed by atoms with Crippen molar-refractivity contribution in [3.05, 3.63) is 41.0 Å². The van der Waals surface area contributed by atoms with Crippen LogP contribution in [-0.2, 0) is 6.54 Å². The van der Waals surface area contributed by atoms with Gasteiger partial charge in [-0.15, -0.1) is 0 Å². The summed E-state index contributed by atoms with van der Waals surface area (Å²) in [6.07, 6.45) is 2.13. The highest BCUT2D eigenvalue weighted by Crippen LogP contribution is 2.17. The van der Waals surface area contributed by atoms with Crippen molar-refractivity contribution in [1.82, 2.24) is 5.32 Å².